The molecule has 0 atom stereocenters. The molecule has 0 radical (unpaired) electrons. The van der Waals surface area contributed by atoms with Crippen molar-refractivity contribution in [1.29, 1.82) is 0 Å². The normalized spacial score (nSPS) is 13.1. The minimum absolute atomic E-state index is 0.512. The molecular formula is C8H20O2Si. The van der Waals surface area contributed by atoms with Crippen LogP contribution in [0.4, 0.5) is 0 Å². The maximum atomic E-state index is 5.53. The van der Waals surface area contributed by atoms with E-state index < -0.39 is 8.56 Å². The van der Waals surface area contributed by atoms with Gasteiger partial charge in [0.2, 0.25) is 0 Å². The Labute approximate surface area is 71.1 Å². The van der Waals surface area contributed by atoms with Crippen LogP contribution in [-0.4, -0.2) is 22.8 Å². The quantitative estimate of drug-likeness (QED) is 0.613. The summed E-state index contributed by atoms with van der Waals surface area (Å²) in [7, 11) is 1.62. The summed E-state index contributed by atoms with van der Waals surface area (Å²) >= 11 is 0. The van der Waals surface area contributed by atoms with Crippen molar-refractivity contribution in [2.45, 2.75) is 38.8 Å². The topological polar surface area (TPSA) is 18.5 Å². The van der Waals surface area contributed by atoms with Crippen LogP contribution in [0.3, 0.4) is 0 Å². The molecule has 0 unspecified atom stereocenters. The maximum Gasteiger partial charge on any atom is 0.342 e. The highest BCUT2D eigenvalue weighted by Gasteiger charge is 2.42. The third-order valence-corrected chi connectivity index (χ3v) is 6.74. The Balaban J connectivity index is 4.46. The monoisotopic (exact) mass is 176 g/mol. The average Bonchev–Trinajstić information content (AvgIpc) is 1.90. The van der Waals surface area contributed by atoms with Crippen LogP contribution in [0, 0.1) is 0 Å². The standard InChI is InChI=1S/C8H20O2Si/c1-7(2)11(9-5,10-6)8(3)4/h7-8H,1-6H3. The molecule has 0 aromatic carbocycles. The molecule has 68 valence electrons. The third kappa shape index (κ3) is 2.04. The predicted octanol–water partition coefficient (Wildman–Crippen LogP) is 2.54. The molecule has 2 nitrogen and oxygen atoms in total. The first-order valence-electron chi connectivity index (χ1n) is 4.11. The zero-order valence-corrected chi connectivity index (χ0v) is 9.47. The van der Waals surface area contributed by atoms with E-state index in [9.17, 15) is 0 Å². The Bertz CT molecular complexity index is 98.7. The van der Waals surface area contributed by atoms with Gasteiger partial charge in [0.15, 0.2) is 0 Å². The maximum absolute atomic E-state index is 5.53. The molecule has 11 heavy (non-hydrogen) atoms. The van der Waals surface area contributed by atoms with Gasteiger partial charge in [-0.25, -0.2) is 0 Å². The molecule has 0 saturated heterocycles. The van der Waals surface area contributed by atoms with Crippen LogP contribution in [0.25, 0.3) is 0 Å². The molecule has 0 bridgehead atoms. The zero-order chi connectivity index (χ0) is 9.07. The van der Waals surface area contributed by atoms with E-state index in [4.69, 9.17) is 8.85 Å². The van der Waals surface area contributed by atoms with E-state index in [-0.39, 0.29) is 0 Å². The van der Waals surface area contributed by atoms with Gasteiger partial charge in [0, 0.05) is 14.2 Å². The summed E-state index contributed by atoms with van der Waals surface area (Å²) in [5.41, 5.74) is 1.02. The lowest BCUT2D eigenvalue weighted by molar-refractivity contribution is 0.223. The van der Waals surface area contributed by atoms with Gasteiger partial charge in [-0.1, -0.05) is 27.7 Å². The van der Waals surface area contributed by atoms with E-state index >= 15 is 0 Å². The second-order valence-corrected chi connectivity index (χ2v) is 8.01. The molecular weight excluding hydrogens is 156 g/mol. The molecule has 0 spiro atoms. The molecule has 0 saturated carbocycles. The van der Waals surface area contributed by atoms with E-state index in [1.165, 1.54) is 0 Å². The lowest BCUT2D eigenvalue weighted by atomic mass is 10.5. The molecule has 3 heteroatoms. The first kappa shape index (κ1) is 11.1. The van der Waals surface area contributed by atoms with Crippen molar-refractivity contribution >= 4 is 8.56 Å². The zero-order valence-electron chi connectivity index (χ0n) is 8.47. The van der Waals surface area contributed by atoms with Crippen LogP contribution in [0.15, 0.2) is 0 Å². The second kappa shape index (κ2) is 4.23. The highest BCUT2D eigenvalue weighted by atomic mass is 28.4. The largest absolute Gasteiger partial charge is 0.397 e. The fraction of sp³-hybridized carbons (Fsp3) is 1.00. The van der Waals surface area contributed by atoms with Crippen LogP contribution in [0.1, 0.15) is 27.7 Å². The van der Waals surface area contributed by atoms with Crippen LogP contribution < -0.4 is 0 Å². The van der Waals surface area contributed by atoms with Gasteiger partial charge in [-0.05, 0) is 11.1 Å². The first-order chi connectivity index (χ1) is 5.01. The fourth-order valence-electron chi connectivity index (χ4n) is 1.69. The van der Waals surface area contributed by atoms with Crippen molar-refractivity contribution in [3.63, 3.8) is 0 Å². The van der Waals surface area contributed by atoms with Crippen molar-refractivity contribution in [2.24, 2.45) is 0 Å². The van der Waals surface area contributed by atoms with Crippen molar-refractivity contribution in [2.75, 3.05) is 14.2 Å². The summed E-state index contributed by atoms with van der Waals surface area (Å²) in [6, 6.07) is 0. The van der Waals surface area contributed by atoms with Gasteiger partial charge >= 0.3 is 8.56 Å². The summed E-state index contributed by atoms with van der Waals surface area (Å²) in [5, 5.41) is 0. The highest BCUT2D eigenvalue weighted by molar-refractivity contribution is 6.70. The van der Waals surface area contributed by atoms with Crippen molar-refractivity contribution < 1.29 is 8.85 Å². The minimum atomic E-state index is -1.90. The summed E-state index contributed by atoms with van der Waals surface area (Å²) < 4.78 is 11.1. The van der Waals surface area contributed by atoms with Gasteiger partial charge in [-0.15, -0.1) is 0 Å². The van der Waals surface area contributed by atoms with E-state index in [2.05, 4.69) is 27.7 Å². The van der Waals surface area contributed by atoms with Gasteiger partial charge in [0.25, 0.3) is 0 Å². The molecule has 0 aliphatic heterocycles. The van der Waals surface area contributed by atoms with E-state index in [0.717, 1.165) is 0 Å². The van der Waals surface area contributed by atoms with E-state index in [1.807, 2.05) is 0 Å². The molecule has 0 rings (SSSR count). The van der Waals surface area contributed by atoms with Gasteiger partial charge in [0.1, 0.15) is 0 Å². The van der Waals surface area contributed by atoms with Crippen molar-refractivity contribution in [3.8, 4) is 0 Å². The first-order valence-corrected chi connectivity index (χ1v) is 6.08. The molecule has 0 amide bonds. The molecule has 0 aromatic heterocycles. The van der Waals surface area contributed by atoms with Crippen LogP contribution in [-0.2, 0) is 8.85 Å². The Kier molecular flexibility index (Phi) is 4.29. The highest BCUT2D eigenvalue weighted by Crippen LogP contribution is 2.32. The Hall–Kier alpha value is 0.137. The third-order valence-electron chi connectivity index (χ3n) is 2.25. The summed E-state index contributed by atoms with van der Waals surface area (Å²) in [5.74, 6) is 0. The lowest BCUT2D eigenvalue weighted by Gasteiger charge is -2.34. The molecule has 0 aliphatic carbocycles. The van der Waals surface area contributed by atoms with Gasteiger partial charge in [-0.2, -0.15) is 0 Å². The summed E-state index contributed by atoms with van der Waals surface area (Å²) in [6.45, 7) is 8.66. The Morgan fingerprint density at radius 3 is 1.09 bits per heavy atom. The van der Waals surface area contributed by atoms with E-state index in [0.29, 0.717) is 11.1 Å². The number of hydrogen-bond acceptors (Lipinski definition) is 2. The second-order valence-electron chi connectivity index (χ2n) is 3.44. The lowest BCUT2D eigenvalue weighted by Crippen LogP contribution is -2.46. The molecule has 0 heterocycles. The molecule has 0 aliphatic rings. The fourth-order valence-corrected chi connectivity index (χ4v) is 5.08. The van der Waals surface area contributed by atoms with Gasteiger partial charge < -0.3 is 8.85 Å². The molecule has 0 N–H and O–H groups in total. The Morgan fingerprint density at radius 1 is 0.818 bits per heavy atom. The van der Waals surface area contributed by atoms with Crippen molar-refractivity contribution in [1.82, 2.24) is 0 Å². The summed E-state index contributed by atoms with van der Waals surface area (Å²) in [4.78, 5) is 0. The van der Waals surface area contributed by atoms with Crippen molar-refractivity contribution in [3.05, 3.63) is 0 Å². The SMILES string of the molecule is CO[Si](OC)(C(C)C)C(C)C. The summed E-state index contributed by atoms with van der Waals surface area (Å²) in [6.07, 6.45) is 0. The van der Waals surface area contributed by atoms with Gasteiger partial charge in [-0.3, -0.25) is 0 Å². The van der Waals surface area contributed by atoms with Gasteiger partial charge in [0.05, 0.1) is 0 Å². The van der Waals surface area contributed by atoms with Crippen LogP contribution in [0.5, 0.6) is 0 Å². The average molecular weight is 176 g/mol. The smallest absolute Gasteiger partial charge is 0.342 e. The molecule has 0 fully saturated rings. The van der Waals surface area contributed by atoms with E-state index in [1.54, 1.807) is 14.2 Å². The van der Waals surface area contributed by atoms with Crippen LogP contribution >= 0.6 is 0 Å². The number of rotatable bonds is 4. The minimum Gasteiger partial charge on any atom is -0.397 e. The predicted molar refractivity (Wildman–Crippen MR) is 50.0 cm³/mol. The van der Waals surface area contributed by atoms with Crippen LogP contribution in [0.2, 0.25) is 11.1 Å². The Morgan fingerprint density at radius 2 is 1.09 bits per heavy atom. The number of hydrogen-bond donors (Lipinski definition) is 0. The molecule has 0 aromatic rings.